The van der Waals surface area contributed by atoms with Crippen molar-refractivity contribution in [1.82, 2.24) is 25.2 Å². The molecule has 1 spiro atoms. The van der Waals surface area contributed by atoms with Crippen molar-refractivity contribution in [3.05, 3.63) is 12.4 Å². The summed E-state index contributed by atoms with van der Waals surface area (Å²) in [5, 5.41) is 9.81. The standard InChI is InChI=1S/C13H17N5O3/c19-10-13(4-2-1-3-5-13)11(20)18(12(21)15-10)9-8-17-7-6-14-16-17/h6-7H,1-5,8-9H2,(H,15,19,21). The third kappa shape index (κ3) is 2.30. The Kier molecular flexibility index (Phi) is 3.44. The zero-order valence-electron chi connectivity index (χ0n) is 11.6. The molecule has 1 saturated heterocycles. The largest absolute Gasteiger partial charge is 0.330 e. The Balaban J connectivity index is 1.77. The maximum Gasteiger partial charge on any atom is 0.330 e. The summed E-state index contributed by atoms with van der Waals surface area (Å²) in [4.78, 5) is 37.9. The van der Waals surface area contributed by atoms with Gasteiger partial charge in [0.2, 0.25) is 11.8 Å². The summed E-state index contributed by atoms with van der Waals surface area (Å²) < 4.78 is 1.55. The molecule has 0 atom stereocenters. The van der Waals surface area contributed by atoms with E-state index >= 15 is 0 Å². The summed E-state index contributed by atoms with van der Waals surface area (Å²) in [5.74, 6) is -0.801. The number of hydrogen-bond acceptors (Lipinski definition) is 5. The number of amides is 4. The Bertz CT molecular complexity index is 562. The molecule has 2 aliphatic rings. The van der Waals surface area contributed by atoms with Gasteiger partial charge in [-0.15, -0.1) is 5.10 Å². The van der Waals surface area contributed by atoms with Crippen molar-refractivity contribution in [3.63, 3.8) is 0 Å². The van der Waals surface area contributed by atoms with E-state index in [9.17, 15) is 14.4 Å². The molecule has 112 valence electrons. The van der Waals surface area contributed by atoms with Gasteiger partial charge in [-0.05, 0) is 12.8 Å². The van der Waals surface area contributed by atoms with Crippen molar-refractivity contribution in [2.75, 3.05) is 6.54 Å². The predicted octanol–water partition coefficient (Wildman–Crippen LogP) is 0.307. The molecule has 3 rings (SSSR count). The lowest BCUT2D eigenvalue weighted by molar-refractivity contribution is -0.154. The van der Waals surface area contributed by atoms with Gasteiger partial charge < -0.3 is 0 Å². The average molecular weight is 291 g/mol. The third-order valence-corrected chi connectivity index (χ3v) is 4.29. The number of rotatable bonds is 3. The van der Waals surface area contributed by atoms with Gasteiger partial charge in [-0.1, -0.05) is 24.5 Å². The first-order valence-electron chi connectivity index (χ1n) is 7.15. The van der Waals surface area contributed by atoms with Crippen LogP contribution in [-0.2, 0) is 16.1 Å². The van der Waals surface area contributed by atoms with Gasteiger partial charge >= 0.3 is 6.03 Å². The van der Waals surface area contributed by atoms with E-state index in [1.54, 1.807) is 10.9 Å². The molecular formula is C13H17N5O3. The lowest BCUT2D eigenvalue weighted by atomic mass is 9.71. The molecule has 0 radical (unpaired) electrons. The molecule has 1 aliphatic carbocycles. The number of carbonyl (C=O) groups is 3. The van der Waals surface area contributed by atoms with E-state index in [2.05, 4.69) is 15.6 Å². The van der Waals surface area contributed by atoms with Crippen molar-refractivity contribution in [3.8, 4) is 0 Å². The number of barbiturate groups is 1. The third-order valence-electron chi connectivity index (χ3n) is 4.29. The number of carbonyl (C=O) groups excluding carboxylic acids is 3. The van der Waals surface area contributed by atoms with Gasteiger partial charge in [-0.3, -0.25) is 24.5 Å². The van der Waals surface area contributed by atoms with Crippen LogP contribution in [0.1, 0.15) is 32.1 Å². The van der Waals surface area contributed by atoms with E-state index in [0.717, 1.165) is 24.2 Å². The zero-order chi connectivity index (χ0) is 14.9. The van der Waals surface area contributed by atoms with E-state index in [4.69, 9.17) is 0 Å². The van der Waals surface area contributed by atoms with Crippen LogP contribution in [-0.4, -0.2) is 44.3 Å². The van der Waals surface area contributed by atoms with E-state index in [-0.39, 0.29) is 12.5 Å². The number of imide groups is 2. The highest BCUT2D eigenvalue weighted by Crippen LogP contribution is 2.40. The molecule has 0 aromatic carbocycles. The van der Waals surface area contributed by atoms with Gasteiger partial charge in [0, 0.05) is 6.20 Å². The molecule has 8 heteroatoms. The fraction of sp³-hybridized carbons (Fsp3) is 0.615. The summed E-state index contributed by atoms with van der Waals surface area (Å²) in [6, 6.07) is -0.638. The summed E-state index contributed by atoms with van der Waals surface area (Å²) in [7, 11) is 0. The first kappa shape index (κ1) is 13.7. The Morgan fingerprint density at radius 2 is 1.90 bits per heavy atom. The van der Waals surface area contributed by atoms with E-state index in [1.165, 1.54) is 6.20 Å². The van der Waals surface area contributed by atoms with Gasteiger partial charge in [0.1, 0.15) is 5.41 Å². The first-order chi connectivity index (χ1) is 10.1. The molecular weight excluding hydrogens is 274 g/mol. The van der Waals surface area contributed by atoms with Crippen LogP contribution in [0.4, 0.5) is 4.79 Å². The predicted molar refractivity (Wildman–Crippen MR) is 70.8 cm³/mol. The van der Waals surface area contributed by atoms with Crippen molar-refractivity contribution < 1.29 is 14.4 Å². The summed E-state index contributed by atoms with van der Waals surface area (Å²) in [5.41, 5.74) is -1.05. The normalized spacial score (nSPS) is 21.7. The van der Waals surface area contributed by atoms with E-state index in [0.29, 0.717) is 19.4 Å². The fourth-order valence-corrected chi connectivity index (χ4v) is 3.09. The maximum atomic E-state index is 12.7. The van der Waals surface area contributed by atoms with Crippen LogP contribution in [0.15, 0.2) is 12.4 Å². The van der Waals surface area contributed by atoms with E-state index < -0.39 is 17.4 Å². The average Bonchev–Trinajstić information content (AvgIpc) is 3.00. The molecule has 1 aliphatic heterocycles. The highest BCUT2D eigenvalue weighted by Gasteiger charge is 2.53. The van der Waals surface area contributed by atoms with Gasteiger partial charge in [0.15, 0.2) is 0 Å². The SMILES string of the molecule is O=C1NC(=O)C2(CCCCC2)C(=O)N1CCn1ccnn1. The second kappa shape index (κ2) is 5.27. The minimum absolute atomic E-state index is 0.184. The molecule has 1 aromatic rings. The van der Waals surface area contributed by atoms with Crippen LogP contribution in [0, 0.1) is 5.41 Å². The van der Waals surface area contributed by atoms with Crippen molar-refractivity contribution >= 4 is 17.8 Å². The Morgan fingerprint density at radius 3 is 2.57 bits per heavy atom. The van der Waals surface area contributed by atoms with Crippen LogP contribution in [0.5, 0.6) is 0 Å². The number of nitrogens with zero attached hydrogens (tertiary/aromatic N) is 4. The van der Waals surface area contributed by atoms with Crippen molar-refractivity contribution in [1.29, 1.82) is 0 Å². The molecule has 2 heterocycles. The second-order valence-electron chi connectivity index (χ2n) is 5.52. The van der Waals surface area contributed by atoms with Crippen LogP contribution >= 0.6 is 0 Å². The number of nitrogens with one attached hydrogen (secondary N) is 1. The van der Waals surface area contributed by atoms with Crippen LogP contribution in [0.2, 0.25) is 0 Å². The van der Waals surface area contributed by atoms with Gasteiger partial charge in [-0.2, -0.15) is 0 Å². The molecule has 1 saturated carbocycles. The fourth-order valence-electron chi connectivity index (χ4n) is 3.09. The lowest BCUT2D eigenvalue weighted by Gasteiger charge is -2.41. The maximum absolute atomic E-state index is 12.7. The highest BCUT2D eigenvalue weighted by atomic mass is 16.2. The Morgan fingerprint density at radius 1 is 1.14 bits per heavy atom. The van der Waals surface area contributed by atoms with Crippen LogP contribution in [0.25, 0.3) is 0 Å². The van der Waals surface area contributed by atoms with Crippen LogP contribution < -0.4 is 5.32 Å². The molecule has 0 bridgehead atoms. The number of hydrogen-bond donors (Lipinski definition) is 1. The van der Waals surface area contributed by atoms with Gasteiger partial charge in [0.05, 0.1) is 19.3 Å². The molecule has 4 amide bonds. The molecule has 0 unspecified atom stereocenters. The summed E-state index contributed by atoms with van der Waals surface area (Å²) in [6.07, 6.45) is 6.93. The summed E-state index contributed by atoms with van der Waals surface area (Å²) >= 11 is 0. The topological polar surface area (TPSA) is 97.2 Å². The molecule has 21 heavy (non-hydrogen) atoms. The summed E-state index contributed by atoms with van der Waals surface area (Å²) in [6.45, 7) is 0.548. The lowest BCUT2D eigenvalue weighted by Crippen LogP contribution is -2.64. The highest BCUT2D eigenvalue weighted by molar-refractivity contribution is 6.19. The minimum Gasteiger partial charge on any atom is -0.277 e. The molecule has 1 aromatic heterocycles. The second-order valence-corrected chi connectivity index (χ2v) is 5.52. The monoisotopic (exact) mass is 291 g/mol. The van der Waals surface area contributed by atoms with Gasteiger partial charge in [-0.25, -0.2) is 4.79 Å². The van der Waals surface area contributed by atoms with E-state index in [1.807, 2.05) is 0 Å². The van der Waals surface area contributed by atoms with Crippen LogP contribution in [0.3, 0.4) is 0 Å². The molecule has 1 N–H and O–H groups in total. The molecule has 8 nitrogen and oxygen atoms in total. The zero-order valence-corrected chi connectivity index (χ0v) is 11.6. The Labute approximate surface area is 121 Å². The smallest absolute Gasteiger partial charge is 0.277 e. The Hall–Kier alpha value is -2.25. The van der Waals surface area contributed by atoms with Crippen molar-refractivity contribution in [2.45, 2.75) is 38.6 Å². The number of urea groups is 1. The molecule has 2 fully saturated rings. The number of aromatic nitrogens is 3. The van der Waals surface area contributed by atoms with Gasteiger partial charge in [0.25, 0.3) is 0 Å². The minimum atomic E-state index is -1.05. The van der Waals surface area contributed by atoms with Crippen molar-refractivity contribution in [2.24, 2.45) is 5.41 Å². The quantitative estimate of drug-likeness (QED) is 0.808. The first-order valence-corrected chi connectivity index (χ1v) is 7.15.